The molecule has 2 aromatic carbocycles. The van der Waals surface area contributed by atoms with Crippen LogP contribution < -0.4 is 0 Å². The van der Waals surface area contributed by atoms with Crippen molar-refractivity contribution in [3.63, 3.8) is 0 Å². The number of allylic oxidation sites excluding steroid dienone is 1. The van der Waals surface area contributed by atoms with Gasteiger partial charge in [0.25, 0.3) is 0 Å². The Hall–Kier alpha value is -0.720. The predicted octanol–water partition coefficient (Wildman–Crippen LogP) is 4.88. The first-order valence-corrected chi connectivity index (χ1v) is 15.9. The molecule has 0 spiro atoms. The van der Waals surface area contributed by atoms with Gasteiger partial charge in [0.2, 0.25) is 0 Å². The van der Waals surface area contributed by atoms with Crippen molar-refractivity contribution in [1.82, 2.24) is 0 Å². The second-order valence-electron chi connectivity index (χ2n) is 5.82. The molecule has 0 amide bonds. The summed E-state index contributed by atoms with van der Waals surface area (Å²) in [4.78, 5) is 0. The topological polar surface area (TPSA) is 0 Å². The number of fused-ring (bicyclic) bond motifs is 1. The zero-order valence-corrected chi connectivity index (χ0v) is 16.0. The van der Waals surface area contributed by atoms with E-state index in [-0.39, 0.29) is 28.3 Å². The van der Waals surface area contributed by atoms with E-state index in [0.717, 1.165) is 3.63 Å². The first-order chi connectivity index (χ1) is 9.66. The Morgan fingerprint density at radius 3 is 2.40 bits per heavy atom. The molecule has 0 saturated heterocycles. The molecule has 0 radical (unpaired) electrons. The van der Waals surface area contributed by atoms with E-state index in [4.69, 9.17) is 0 Å². The molecule has 1 unspecified atom stereocenters. The Bertz CT molecular complexity index is 644. The first kappa shape index (κ1) is 14.2. The number of rotatable bonds is 3. The van der Waals surface area contributed by atoms with Gasteiger partial charge in [-0.15, -0.1) is 0 Å². The summed E-state index contributed by atoms with van der Waals surface area (Å²) in [5.74, 6) is -0.381. The monoisotopic (exact) mass is 354 g/mol. The van der Waals surface area contributed by atoms with Crippen molar-refractivity contribution in [3.05, 3.63) is 65.2 Å². The van der Waals surface area contributed by atoms with Crippen molar-refractivity contribution in [2.75, 3.05) is 0 Å². The molecule has 0 bridgehead atoms. The van der Waals surface area contributed by atoms with Gasteiger partial charge < -0.3 is 0 Å². The summed E-state index contributed by atoms with van der Waals surface area (Å²) in [7, 11) is 0. The van der Waals surface area contributed by atoms with Crippen LogP contribution in [0.25, 0.3) is 17.2 Å². The van der Waals surface area contributed by atoms with Gasteiger partial charge >= 0.3 is 134 Å². The van der Waals surface area contributed by atoms with Gasteiger partial charge in [0.05, 0.1) is 0 Å². The van der Waals surface area contributed by atoms with E-state index < -0.39 is 0 Å². The molecule has 1 atom stereocenters. The Kier molecular flexibility index (Phi) is 4.23. The molecular formula is C18H20SiZr. The number of hydrogen-bond donors (Lipinski definition) is 0. The van der Waals surface area contributed by atoms with Gasteiger partial charge in [-0.1, -0.05) is 0 Å². The fourth-order valence-electron chi connectivity index (χ4n) is 2.98. The van der Waals surface area contributed by atoms with E-state index in [9.17, 15) is 0 Å². The summed E-state index contributed by atoms with van der Waals surface area (Å²) in [6.07, 6.45) is 2.46. The third-order valence-corrected chi connectivity index (χ3v) is 14.1. The second kappa shape index (κ2) is 5.95. The van der Waals surface area contributed by atoms with Gasteiger partial charge in [-0.05, 0) is 0 Å². The molecule has 0 nitrogen and oxygen atoms in total. The van der Waals surface area contributed by atoms with E-state index in [1.54, 1.807) is 11.1 Å². The van der Waals surface area contributed by atoms with Crippen LogP contribution in [0.15, 0.2) is 54.1 Å². The maximum atomic E-state index is 2.53. The molecule has 2 aromatic rings. The SMILES string of the molecule is CC1=Cc2c(-c3ccccc3)cccc2[CH]1[Zr][SiH](C)C. The molecule has 20 heavy (non-hydrogen) atoms. The van der Waals surface area contributed by atoms with Gasteiger partial charge in [0.15, 0.2) is 0 Å². The zero-order chi connectivity index (χ0) is 14.1. The van der Waals surface area contributed by atoms with Crippen LogP contribution in [0.5, 0.6) is 0 Å². The van der Waals surface area contributed by atoms with Crippen molar-refractivity contribution in [2.45, 2.75) is 23.6 Å². The van der Waals surface area contributed by atoms with Gasteiger partial charge in [0, 0.05) is 0 Å². The Morgan fingerprint density at radius 2 is 1.70 bits per heavy atom. The molecule has 3 rings (SSSR count). The fraction of sp³-hybridized carbons (Fsp3) is 0.222. The summed E-state index contributed by atoms with van der Waals surface area (Å²) in [5.41, 5.74) is 7.50. The summed E-state index contributed by atoms with van der Waals surface area (Å²) in [5, 5.41) is 0. The van der Waals surface area contributed by atoms with Gasteiger partial charge in [-0.25, -0.2) is 0 Å². The van der Waals surface area contributed by atoms with Crippen LogP contribution in [-0.2, 0) is 22.4 Å². The minimum absolute atomic E-state index is 0.259. The average molecular weight is 356 g/mol. The third-order valence-electron chi connectivity index (χ3n) is 3.86. The number of hydrogen-bond acceptors (Lipinski definition) is 0. The van der Waals surface area contributed by atoms with Crippen LogP contribution >= 0.6 is 0 Å². The van der Waals surface area contributed by atoms with Gasteiger partial charge in [-0.2, -0.15) is 0 Å². The molecule has 0 fully saturated rings. The van der Waals surface area contributed by atoms with Crippen molar-refractivity contribution in [1.29, 1.82) is 0 Å². The van der Waals surface area contributed by atoms with E-state index in [1.165, 1.54) is 16.7 Å². The fourth-order valence-corrected chi connectivity index (χ4v) is 13.1. The van der Waals surface area contributed by atoms with Crippen molar-refractivity contribution >= 4 is 12.0 Å². The predicted molar refractivity (Wildman–Crippen MR) is 87.1 cm³/mol. The van der Waals surface area contributed by atoms with Crippen LogP contribution in [0.1, 0.15) is 21.7 Å². The van der Waals surface area contributed by atoms with Crippen LogP contribution in [0.3, 0.4) is 0 Å². The van der Waals surface area contributed by atoms with Crippen molar-refractivity contribution < 1.29 is 22.4 Å². The first-order valence-electron chi connectivity index (χ1n) is 7.29. The summed E-state index contributed by atoms with van der Waals surface area (Å²) < 4.78 is 0.837. The minimum atomic E-state index is -0.381. The Labute approximate surface area is 134 Å². The van der Waals surface area contributed by atoms with E-state index in [2.05, 4.69) is 74.6 Å². The van der Waals surface area contributed by atoms with E-state index in [1.807, 2.05) is 0 Å². The van der Waals surface area contributed by atoms with Crippen LogP contribution in [-0.4, -0.2) is 5.92 Å². The van der Waals surface area contributed by atoms with Crippen molar-refractivity contribution in [3.8, 4) is 11.1 Å². The van der Waals surface area contributed by atoms with Crippen LogP contribution in [0.2, 0.25) is 13.1 Å². The summed E-state index contributed by atoms with van der Waals surface area (Å²) >= 11 is -0.259. The van der Waals surface area contributed by atoms with Gasteiger partial charge in [0.1, 0.15) is 0 Å². The van der Waals surface area contributed by atoms with Crippen LogP contribution in [0, 0.1) is 0 Å². The van der Waals surface area contributed by atoms with Crippen LogP contribution in [0.4, 0.5) is 0 Å². The van der Waals surface area contributed by atoms with Gasteiger partial charge in [-0.3, -0.25) is 0 Å². The molecule has 0 saturated carbocycles. The molecule has 1 aliphatic rings. The molecule has 100 valence electrons. The zero-order valence-electron chi connectivity index (χ0n) is 12.4. The van der Waals surface area contributed by atoms with Crippen molar-refractivity contribution in [2.24, 2.45) is 0 Å². The molecule has 1 aliphatic carbocycles. The molecule has 0 heterocycles. The average Bonchev–Trinajstić information content (AvgIpc) is 2.76. The molecule has 2 heteroatoms. The molecule has 0 aromatic heterocycles. The molecular weight excluding hydrogens is 336 g/mol. The van der Waals surface area contributed by atoms with E-state index >= 15 is 0 Å². The normalized spacial score (nSPS) is 17.0. The number of benzene rings is 2. The second-order valence-corrected chi connectivity index (χ2v) is 20.9. The molecule has 0 N–H and O–H groups in total. The maximum absolute atomic E-state index is 2.53. The standard InChI is InChI=1S/C16H13.C2H7Si.Zr/c1-12-10-14-8-5-9-15(16(14)11-12)13-6-3-2-4-7-13;1-3-2;/h2-11H,1H3;3H,1-2H3;. The Balaban J connectivity index is 2.08. The Morgan fingerprint density at radius 1 is 0.950 bits per heavy atom. The third kappa shape index (κ3) is 2.69. The van der Waals surface area contributed by atoms with E-state index in [0.29, 0.717) is 0 Å². The molecule has 0 aliphatic heterocycles. The summed E-state index contributed by atoms with van der Waals surface area (Å²) in [6.45, 7) is 7.40. The summed E-state index contributed by atoms with van der Waals surface area (Å²) in [6, 6.07) is 17.7. The quantitative estimate of drug-likeness (QED) is 0.689.